The quantitative estimate of drug-likeness (QED) is 0.356. The Hall–Kier alpha value is 2.11. The third-order valence-electron chi connectivity index (χ3n) is 2.81. The second-order valence-electron chi connectivity index (χ2n) is 3.38. The van der Waals surface area contributed by atoms with Crippen LogP contribution in [-0.4, -0.2) is 46.1 Å². The van der Waals surface area contributed by atoms with E-state index in [-0.39, 0.29) is 70.9 Å². The fourth-order valence-corrected chi connectivity index (χ4v) is 2.04. The van der Waals surface area contributed by atoms with Gasteiger partial charge < -0.3 is 38.7 Å². The van der Waals surface area contributed by atoms with Crippen LogP contribution in [0.2, 0.25) is 0 Å². The molecule has 1 aliphatic carbocycles. The largest absolute Gasteiger partial charge is 2.00 e. The van der Waals surface area contributed by atoms with Crippen molar-refractivity contribution >= 4 is 46.1 Å². The van der Waals surface area contributed by atoms with Gasteiger partial charge in [-0.2, -0.15) is 12.8 Å². The van der Waals surface area contributed by atoms with Crippen molar-refractivity contribution in [1.29, 1.82) is 0 Å². The first-order chi connectivity index (χ1) is 4.88. The predicted octanol–water partition coefficient (Wildman–Crippen LogP) is -3.51. The van der Waals surface area contributed by atoms with Gasteiger partial charge in [0.15, 0.2) is 0 Å². The molecule has 0 aromatic rings. The molecule has 1 fully saturated rings. The summed E-state index contributed by atoms with van der Waals surface area (Å²) < 4.78 is 0. The third-order valence-corrected chi connectivity index (χ3v) is 2.81. The van der Waals surface area contributed by atoms with Crippen molar-refractivity contribution in [3.8, 4) is 0 Å². The van der Waals surface area contributed by atoms with Gasteiger partial charge in [-0.3, -0.25) is 0 Å². The minimum absolute atomic E-state index is 0. The molecule has 0 spiro atoms. The fraction of sp³-hybridized carbons (Fsp3) is 0.800. The molecule has 2 unspecified atom stereocenters. The summed E-state index contributed by atoms with van der Waals surface area (Å²) in [6.45, 7) is 7.96. The summed E-state index contributed by atoms with van der Waals surface area (Å²) >= 11 is 0. The zero-order valence-electron chi connectivity index (χ0n) is 8.98. The number of hydrogen-bond acceptors (Lipinski definition) is 0. The van der Waals surface area contributed by atoms with E-state index in [0.29, 0.717) is 0 Å². The second kappa shape index (κ2) is 15.1. The molecule has 0 aliphatic heterocycles. The first-order valence-electron chi connectivity index (χ1n) is 4.47. The van der Waals surface area contributed by atoms with Gasteiger partial charge in [-0.15, -0.1) is 0 Å². The minimum Gasteiger partial charge on any atom is -1.00 e. The van der Waals surface area contributed by atoms with Gasteiger partial charge in [-0.25, -0.2) is 0 Å². The molecule has 4 heteroatoms. The molecule has 1 saturated carbocycles. The zero-order valence-corrected chi connectivity index (χ0v) is 13.3. The van der Waals surface area contributed by atoms with Crippen LogP contribution in [0, 0.1) is 25.7 Å². The molecule has 0 aromatic heterocycles. The van der Waals surface area contributed by atoms with Crippen molar-refractivity contribution < 1.29 is 24.8 Å². The van der Waals surface area contributed by atoms with E-state index in [0.717, 1.165) is 24.7 Å². The first kappa shape index (κ1) is 25.1. The van der Waals surface area contributed by atoms with Crippen LogP contribution in [-0.2, 0) is 0 Å². The van der Waals surface area contributed by atoms with E-state index < -0.39 is 0 Å². The van der Waals surface area contributed by atoms with Crippen LogP contribution in [0.25, 0.3) is 0 Å². The Morgan fingerprint density at radius 2 is 1.07 bits per heavy atom. The monoisotopic (exact) mass is 256 g/mol. The van der Waals surface area contributed by atoms with E-state index in [1.54, 1.807) is 0 Å². The van der Waals surface area contributed by atoms with Crippen molar-refractivity contribution in [2.45, 2.75) is 38.5 Å². The fourth-order valence-electron chi connectivity index (χ4n) is 2.04. The van der Waals surface area contributed by atoms with Gasteiger partial charge in [0.05, 0.1) is 0 Å². The predicted molar refractivity (Wildman–Crippen MR) is 56.9 cm³/mol. The average molecular weight is 258 g/mol. The molecule has 0 bridgehead atoms. The Bertz CT molecular complexity index is 90.1. The van der Waals surface area contributed by atoms with Crippen LogP contribution in [0.4, 0.5) is 0 Å². The smallest absolute Gasteiger partial charge is 1.00 e. The van der Waals surface area contributed by atoms with Crippen molar-refractivity contribution in [2.24, 2.45) is 11.8 Å². The SMILES string of the molecule is [CH2-]CC1CCCCC1C[CH2-].[Cl-].[Cl-].[Mg+2].[Mg+2]. The number of halogens is 2. The van der Waals surface area contributed by atoms with Gasteiger partial charge in [0.2, 0.25) is 0 Å². The number of rotatable bonds is 2. The summed E-state index contributed by atoms with van der Waals surface area (Å²) in [7, 11) is 0. The topological polar surface area (TPSA) is 0 Å². The van der Waals surface area contributed by atoms with Crippen molar-refractivity contribution in [3.63, 3.8) is 0 Å². The van der Waals surface area contributed by atoms with Gasteiger partial charge in [0.1, 0.15) is 0 Å². The maximum Gasteiger partial charge on any atom is 2.00 e. The normalized spacial score (nSPS) is 24.4. The second-order valence-corrected chi connectivity index (χ2v) is 3.38. The molecule has 1 aliphatic rings. The summed E-state index contributed by atoms with van der Waals surface area (Å²) in [5, 5.41) is 0. The minimum atomic E-state index is 0. The van der Waals surface area contributed by atoms with E-state index in [1.807, 2.05) is 0 Å². The molecule has 0 nitrogen and oxygen atoms in total. The summed E-state index contributed by atoms with van der Waals surface area (Å²) in [4.78, 5) is 0. The molecular formula is C10H18Cl2Mg2. The Morgan fingerprint density at radius 1 is 0.786 bits per heavy atom. The van der Waals surface area contributed by atoms with Crippen molar-refractivity contribution in [1.82, 2.24) is 0 Å². The van der Waals surface area contributed by atoms with E-state index in [1.165, 1.54) is 25.7 Å². The van der Waals surface area contributed by atoms with Crippen LogP contribution in [0.5, 0.6) is 0 Å². The number of hydrogen-bond donors (Lipinski definition) is 0. The van der Waals surface area contributed by atoms with E-state index in [2.05, 4.69) is 13.8 Å². The Labute approximate surface area is 134 Å². The van der Waals surface area contributed by atoms with E-state index in [9.17, 15) is 0 Å². The molecule has 76 valence electrons. The Morgan fingerprint density at radius 3 is 1.29 bits per heavy atom. The van der Waals surface area contributed by atoms with Gasteiger partial charge in [-0.05, 0) is 0 Å². The molecule has 0 N–H and O–H groups in total. The molecule has 1 rings (SSSR count). The zero-order chi connectivity index (χ0) is 7.40. The van der Waals surface area contributed by atoms with Gasteiger partial charge >= 0.3 is 46.1 Å². The van der Waals surface area contributed by atoms with Crippen molar-refractivity contribution in [3.05, 3.63) is 13.8 Å². The van der Waals surface area contributed by atoms with Crippen LogP contribution in [0.15, 0.2) is 0 Å². The van der Waals surface area contributed by atoms with Gasteiger partial charge in [0, 0.05) is 0 Å². The van der Waals surface area contributed by atoms with Crippen molar-refractivity contribution in [2.75, 3.05) is 0 Å². The summed E-state index contributed by atoms with van der Waals surface area (Å²) in [6, 6.07) is 0. The maximum atomic E-state index is 3.98. The van der Waals surface area contributed by atoms with Gasteiger partial charge in [-0.1, -0.05) is 37.5 Å². The third kappa shape index (κ3) is 8.29. The first-order valence-corrected chi connectivity index (χ1v) is 4.47. The Balaban J connectivity index is -0.000000125. The van der Waals surface area contributed by atoms with Crippen LogP contribution in [0.3, 0.4) is 0 Å². The molecule has 0 heterocycles. The molecule has 2 atom stereocenters. The molecular weight excluding hydrogens is 240 g/mol. The molecule has 0 amide bonds. The molecule has 0 aromatic carbocycles. The summed E-state index contributed by atoms with van der Waals surface area (Å²) in [5.74, 6) is 1.79. The van der Waals surface area contributed by atoms with Crippen LogP contribution < -0.4 is 24.8 Å². The molecule has 14 heavy (non-hydrogen) atoms. The van der Waals surface area contributed by atoms with E-state index in [4.69, 9.17) is 0 Å². The average Bonchev–Trinajstić information content (AvgIpc) is 2.04. The molecule has 0 radical (unpaired) electrons. The van der Waals surface area contributed by atoms with Gasteiger partial charge in [0.25, 0.3) is 0 Å². The Kier molecular flexibility index (Phi) is 27.1. The standard InChI is InChI=1S/C10H18.2ClH.2Mg/c1-3-9-7-5-6-8-10(9)4-2;;;;/h9-10H,1-8H2;2*1H;;/q-2;;;2*+2/p-2. The summed E-state index contributed by atoms with van der Waals surface area (Å²) in [6.07, 6.45) is 7.92. The molecule has 0 saturated heterocycles. The van der Waals surface area contributed by atoms with E-state index >= 15 is 0 Å². The maximum absolute atomic E-state index is 3.98. The van der Waals surface area contributed by atoms with Crippen LogP contribution >= 0.6 is 0 Å². The van der Waals surface area contributed by atoms with Crippen LogP contribution in [0.1, 0.15) is 38.5 Å². The summed E-state index contributed by atoms with van der Waals surface area (Å²) in [5.41, 5.74) is 0.